The monoisotopic (exact) mass is 330 g/mol. The molecule has 0 bridgehead atoms. The van der Waals surface area contributed by atoms with E-state index in [9.17, 15) is 0 Å². The van der Waals surface area contributed by atoms with Gasteiger partial charge in [0.15, 0.2) is 0 Å². The predicted molar refractivity (Wildman–Crippen MR) is 88.0 cm³/mol. The van der Waals surface area contributed by atoms with Crippen LogP contribution in [0.4, 0.5) is 5.69 Å². The summed E-state index contributed by atoms with van der Waals surface area (Å²) in [5.41, 5.74) is 4.00. The lowest BCUT2D eigenvalue weighted by Gasteiger charge is -2.15. The van der Waals surface area contributed by atoms with E-state index >= 15 is 0 Å². The average Bonchev–Trinajstić information content (AvgIpc) is 2.68. The Hall–Kier alpha value is -1.32. The van der Waals surface area contributed by atoms with Crippen molar-refractivity contribution in [2.75, 3.05) is 11.9 Å². The van der Waals surface area contributed by atoms with Crippen LogP contribution in [0.1, 0.15) is 17.5 Å². The number of benzene rings is 2. The maximum atomic E-state index is 3.65. The molecule has 1 aliphatic rings. The molecule has 0 fully saturated rings. The van der Waals surface area contributed by atoms with E-state index in [1.165, 1.54) is 16.8 Å². The Morgan fingerprint density at radius 2 is 1.95 bits per heavy atom. The molecule has 1 atom stereocenters. The fourth-order valence-electron chi connectivity index (χ4n) is 2.63. The van der Waals surface area contributed by atoms with E-state index in [4.69, 9.17) is 0 Å². The van der Waals surface area contributed by atoms with E-state index in [0.717, 1.165) is 30.4 Å². The number of hydrogen-bond donors (Lipinski definition) is 2. The molecule has 3 rings (SSSR count). The molecule has 2 aromatic rings. The highest BCUT2D eigenvalue weighted by atomic mass is 79.9. The van der Waals surface area contributed by atoms with Crippen LogP contribution < -0.4 is 10.6 Å². The summed E-state index contributed by atoms with van der Waals surface area (Å²) in [5.74, 6) is 0. The zero-order valence-electron chi connectivity index (χ0n) is 11.4. The summed E-state index contributed by atoms with van der Waals surface area (Å²) in [4.78, 5) is 0. The van der Waals surface area contributed by atoms with Gasteiger partial charge in [-0.05, 0) is 42.2 Å². The Morgan fingerprint density at radius 3 is 2.80 bits per heavy atom. The van der Waals surface area contributed by atoms with Crippen molar-refractivity contribution in [2.45, 2.75) is 25.4 Å². The molecule has 1 unspecified atom stereocenters. The van der Waals surface area contributed by atoms with Crippen molar-refractivity contribution in [1.29, 1.82) is 0 Å². The van der Waals surface area contributed by atoms with Gasteiger partial charge in [0.2, 0.25) is 0 Å². The van der Waals surface area contributed by atoms with Gasteiger partial charge in [0, 0.05) is 29.3 Å². The topological polar surface area (TPSA) is 24.1 Å². The van der Waals surface area contributed by atoms with Gasteiger partial charge in [0.05, 0.1) is 0 Å². The molecule has 0 aliphatic carbocycles. The normalized spacial score (nSPS) is 17.9. The average molecular weight is 331 g/mol. The molecule has 20 heavy (non-hydrogen) atoms. The van der Waals surface area contributed by atoms with Crippen LogP contribution in [0.5, 0.6) is 0 Å². The Balaban J connectivity index is 1.59. The molecule has 104 valence electrons. The Bertz CT molecular complexity index is 568. The van der Waals surface area contributed by atoms with Crippen LogP contribution in [-0.4, -0.2) is 12.6 Å². The van der Waals surface area contributed by atoms with E-state index < -0.39 is 0 Å². The predicted octanol–water partition coefficient (Wildman–Crippen LogP) is 3.97. The molecule has 0 amide bonds. The number of fused-ring (bicyclic) bond motifs is 1. The van der Waals surface area contributed by atoms with E-state index in [2.05, 4.69) is 75.1 Å². The third kappa shape index (κ3) is 3.41. The highest BCUT2D eigenvalue weighted by molar-refractivity contribution is 9.10. The quantitative estimate of drug-likeness (QED) is 0.889. The third-order valence-corrected chi connectivity index (χ3v) is 4.30. The first kappa shape index (κ1) is 13.7. The van der Waals surface area contributed by atoms with E-state index in [-0.39, 0.29) is 0 Å². The zero-order chi connectivity index (χ0) is 13.8. The molecule has 2 aromatic carbocycles. The lowest BCUT2D eigenvalue weighted by atomic mass is 10.1. The lowest BCUT2D eigenvalue weighted by molar-refractivity contribution is 0.506. The van der Waals surface area contributed by atoms with Crippen molar-refractivity contribution in [3.63, 3.8) is 0 Å². The summed E-state index contributed by atoms with van der Waals surface area (Å²) < 4.78 is 1.14. The minimum absolute atomic E-state index is 0.515. The number of nitrogens with one attached hydrogen (secondary N) is 2. The van der Waals surface area contributed by atoms with Gasteiger partial charge in [-0.15, -0.1) is 0 Å². The van der Waals surface area contributed by atoms with Gasteiger partial charge in [-0.3, -0.25) is 0 Å². The second-order valence-corrected chi connectivity index (χ2v) is 6.20. The summed E-state index contributed by atoms with van der Waals surface area (Å²) in [6, 6.07) is 17.7. The fourth-order valence-corrected chi connectivity index (χ4v) is 3.04. The first-order valence-electron chi connectivity index (χ1n) is 7.11. The molecular weight excluding hydrogens is 312 g/mol. The van der Waals surface area contributed by atoms with Crippen LogP contribution in [-0.2, 0) is 13.0 Å². The highest BCUT2D eigenvalue weighted by Gasteiger charge is 2.14. The summed E-state index contributed by atoms with van der Waals surface area (Å²) in [7, 11) is 0. The van der Waals surface area contributed by atoms with Crippen LogP contribution >= 0.6 is 15.9 Å². The maximum absolute atomic E-state index is 3.65. The molecule has 1 heterocycles. The standard InChI is InChI=1S/C17H19BrN2/c18-15-7-9-17-14(10-15)11-19-16(12-20-17)8-6-13-4-2-1-3-5-13/h1-5,7,9-10,16,19-20H,6,8,11-12H2. The van der Waals surface area contributed by atoms with Gasteiger partial charge in [0.25, 0.3) is 0 Å². The fraction of sp³-hybridized carbons (Fsp3) is 0.294. The van der Waals surface area contributed by atoms with Crippen LogP contribution in [0.3, 0.4) is 0 Å². The minimum atomic E-state index is 0.515. The van der Waals surface area contributed by atoms with Crippen LogP contribution in [0.25, 0.3) is 0 Å². The van der Waals surface area contributed by atoms with Crippen molar-refractivity contribution in [1.82, 2.24) is 5.32 Å². The molecule has 0 radical (unpaired) electrons. The van der Waals surface area contributed by atoms with Gasteiger partial charge in [-0.2, -0.15) is 0 Å². The Morgan fingerprint density at radius 1 is 1.10 bits per heavy atom. The number of aryl methyl sites for hydroxylation is 1. The SMILES string of the molecule is Brc1ccc2c(c1)CNC(CCc1ccccc1)CN2. The molecule has 0 aromatic heterocycles. The van der Waals surface area contributed by atoms with Crippen LogP contribution in [0, 0.1) is 0 Å². The maximum Gasteiger partial charge on any atom is 0.0387 e. The molecule has 0 saturated carbocycles. The lowest BCUT2D eigenvalue weighted by Crippen LogP contribution is -2.33. The Labute approximate surface area is 128 Å². The molecule has 0 saturated heterocycles. The zero-order valence-corrected chi connectivity index (χ0v) is 13.0. The van der Waals surface area contributed by atoms with Crippen molar-refractivity contribution in [3.8, 4) is 0 Å². The first-order chi connectivity index (χ1) is 9.81. The second kappa shape index (κ2) is 6.42. The first-order valence-corrected chi connectivity index (χ1v) is 7.90. The molecule has 2 nitrogen and oxygen atoms in total. The van der Waals surface area contributed by atoms with Crippen molar-refractivity contribution >= 4 is 21.6 Å². The van der Waals surface area contributed by atoms with E-state index in [0.29, 0.717) is 6.04 Å². The van der Waals surface area contributed by atoms with Gasteiger partial charge in [-0.1, -0.05) is 46.3 Å². The number of anilines is 1. The smallest absolute Gasteiger partial charge is 0.0387 e. The number of rotatable bonds is 3. The summed E-state index contributed by atoms with van der Waals surface area (Å²) >= 11 is 3.54. The summed E-state index contributed by atoms with van der Waals surface area (Å²) in [6.45, 7) is 1.92. The number of halogens is 1. The summed E-state index contributed by atoms with van der Waals surface area (Å²) in [6.07, 6.45) is 2.28. The summed E-state index contributed by atoms with van der Waals surface area (Å²) in [5, 5.41) is 7.21. The van der Waals surface area contributed by atoms with E-state index in [1.807, 2.05) is 0 Å². The van der Waals surface area contributed by atoms with Crippen molar-refractivity contribution in [3.05, 3.63) is 64.1 Å². The van der Waals surface area contributed by atoms with E-state index in [1.54, 1.807) is 0 Å². The van der Waals surface area contributed by atoms with Crippen LogP contribution in [0.15, 0.2) is 53.0 Å². The van der Waals surface area contributed by atoms with Gasteiger partial charge in [0.1, 0.15) is 0 Å². The Kier molecular flexibility index (Phi) is 4.38. The largest absolute Gasteiger partial charge is 0.383 e. The molecule has 0 spiro atoms. The third-order valence-electron chi connectivity index (χ3n) is 3.81. The number of hydrogen-bond acceptors (Lipinski definition) is 2. The van der Waals surface area contributed by atoms with Crippen molar-refractivity contribution in [2.24, 2.45) is 0 Å². The van der Waals surface area contributed by atoms with Gasteiger partial charge >= 0.3 is 0 Å². The molecular formula is C17H19BrN2. The second-order valence-electron chi connectivity index (χ2n) is 5.28. The van der Waals surface area contributed by atoms with Gasteiger partial charge < -0.3 is 10.6 Å². The highest BCUT2D eigenvalue weighted by Crippen LogP contribution is 2.23. The van der Waals surface area contributed by atoms with Crippen molar-refractivity contribution < 1.29 is 0 Å². The minimum Gasteiger partial charge on any atom is -0.383 e. The van der Waals surface area contributed by atoms with Gasteiger partial charge in [-0.25, -0.2) is 0 Å². The molecule has 3 heteroatoms. The molecule has 2 N–H and O–H groups in total. The van der Waals surface area contributed by atoms with Crippen LogP contribution in [0.2, 0.25) is 0 Å². The molecule has 1 aliphatic heterocycles.